The highest BCUT2D eigenvalue weighted by molar-refractivity contribution is 5.93. The van der Waals surface area contributed by atoms with Crippen LogP contribution in [-0.4, -0.2) is 29.5 Å². The summed E-state index contributed by atoms with van der Waals surface area (Å²) in [6.07, 6.45) is 2.01. The van der Waals surface area contributed by atoms with E-state index in [1.165, 1.54) is 0 Å². The molecular formula is C13H19N3O3. The molecule has 19 heavy (non-hydrogen) atoms. The summed E-state index contributed by atoms with van der Waals surface area (Å²) in [7, 11) is 0. The van der Waals surface area contributed by atoms with Gasteiger partial charge >= 0.3 is 5.97 Å². The predicted octanol–water partition coefficient (Wildman–Crippen LogP) is 1.47. The fourth-order valence-corrected chi connectivity index (χ4v) is 2.10. The zero-order valence-electron chi connectivity index (χ0n) is 10.9. The quantitative estimate of drug-likeness (QED) is 0.426. The van der Waals surface area contributed by atoms with E-state index in [-0.39, 0.29) is 24.0 Å². The lowest BCUT2D eigenvalue weighted by Crippen LogP contribution is -2.18. The molecule has 1 saturated heterocycles. The largest absolute Gasteiger partial charge is 0.463 e. The summed E-state index contributed by atoms with van der Waals surface area (Å²) in [4.78, 5) is 14.1. The van der Waals surface area contributed by atoms with Gasteiger partial charge in [0.1, 0.15) is 12.4 Å². The molecule has 0 bridgehead atoms. The smallest absolute Gasteiger partial charge is 0.305 e. The van der Waals surface area contributed by atoms with Crippen LogP contribution in [0.2, 0.25) is 0 Å². The number of H-pyrrole nitrogens is 1. The second kappa shape index (κ2) is 5.88. The number of esters is 1. The SMILES string of the molecule is CCC(=O)OCC1CCC(c2ccc(C(=N)N)[nH]2)O1. The van der Waals surface area contributed by atoms with Crippen LogP contribution in [0.5, 0.6) is 0 Å². The van der Waals surface area contributed by atoms with Crippen LogP contribution in [-0.2, 0) is 14.3 Å². The molecule has 2 atom stereocenters. The Morgan fingerprint density at radius 1 is 1.58 bits per heavy atom. The van der Waals surface area contributed by atoms with Crippen molar-refractivity contribution in [1.29, 1.82) is 5.41 Å². The molecule has 1 fully saturated rings. The second-order valence-corrected chi connectivity index (χ2v) is 4.60. The number of nitrogens with one attached hydrogen (secondary N) is 2. The molecule has 2 rings (SSSR count). The van der Waals surface area contributed by atoms with Gasteiger partial charge in [-0.25, -0.2) is 0 Å². The standard InChI is InChI=1S/C13H19N3O3/c1-2-12(17)18-7-8-3-6-11(19-8)9-4-5-10(16-9)13(14)15/h4-5,8,11,16H,2-3,6-7H2,1H3,(H3,14,15). The molecule has 0 aromatic carbocycles. The molecule has 104 valence electrons. The number of hydrogen-bond donors (Lipinski definition) is 3. The number of rotatable bonds is 5. The van der Waals surface area contributed by atoms with Gasteiger partial charge in [-0.3, -0.25) is 10.2 Å². The molecule has 1 aromatic heterocycles. The van der Waals surface area contributed by atoms with Crippen molar-refractivity contribution in [3.05, 3.63) is 23.5 Å². The molecular weight excluding hydrogens is 246 g/mol. The van der Waals surface area contributed by atoms with E-state index in [2.05, 4.69) is 4.98 Å². The van der Waals surface area contributed by atoms with E-state index >= 15 is 0 Å². The van der Waals surface area contributed by atoms with E-state index in [0.717, 1.165) is 18.5 Å². The number of carbonyl (C=O) groups is 1. The summed E-state index contributed by atoms with van der Waals surface area (Å²) < 4.78 is 10.9. The van der Waals surface area contributed by atoms with Crippen LogP contribution in [0.4, 0.5) is 0 Å². The highest BCUT2D eigenvalue weighted by atomic mass is 16.6. The van der Waals surface area contributed by atoms with E-state index in [9.17, 15) is 4.79 Å². The molecule has 0 aliphatic carbocycles. The number of nitrogens with two attached hydrogens (primary N) is 1. The lowest BCUT2D eigenvalue weighted by Gasteiger charge is -2.13. The fourth-order valence-electron chi connectivity index (χ4n) is 2.10. The normalized spacial score (nSPS) is 22.4. The molecule has 4 N–H and O–H groups in total. The zero-order valence-corrected chi connectivity index (χ0v) is 10.9. The van der Waals surface area contributed by atoms with Gasteiger partial charge in [-0.15, -0.1) is 0 Å². The number of aromatic nitrogens is 1. The zero-order chi connectivity index (χ0) is 13.8. The number of aromatic amines is 1. The van der Waals surface area contributed by atoms with Crippen molar-refractivity contribution < 1.29 is 14.3 Å². The Labute approximate surface area is 111 Å². The van der Waals surface area contributed by atoms with Crippen LogP contribution in [0, 0.1) is 5.41 Å². The third-order valence-electron chi connectivity index (χ3n) is 3.17. The maximum absolute atomic E-state index is 11.1. The highest BCUT2D eigenvalue weighted by Gasteiger charge is 2.28. The van der Waals surface area contributed by atoms with Crippen molar-refractivity contribution in [3.8, 4) is 0 Å². The van der Waals surface area contributed by atoms with Crippen molar-refractivity contribution in [3.63, 3.8) is 0 Å². The number of amidine groups is 1. The Morgan fingerprint density at radius 3 is 3.00 bits per heavy atom. The molecule has 1 aromatic rings. The number of hydrogen-bond acceptors (Lipinski definition) is 4. The van der Waals surface area contributed by atoms with Crippen LogP contribution in [0.1, 0.15) is 43.7 Å². The van der Waals surface area contributed by atoms with Gasteiger partial charge in [0.25, 0.3) is 0 Å². The average molecular weight is 265 g/mol. The third kappa shape index (κ3) is 3.35. The maximum atomic E-state index is 11.1. The number of nitrogen functional groups attached to an aromatic ring is 1. The molecule has 0 amide bonds. The Balaban J connectivity index is 1.87. The first kappa shape index (κ1) is 13.6. The molecule has 1 aliphatic rings. The minimum absolute atomic E-state index is 0.0117. The van der Waals surface area contributed by atoms with Crippen molar-refractivity contribution in [2.45, 2.75) is 38.4 Å². The molecule has 0 radical (unpaired) electrons. The minimum atomic E-state index is -0.203. The van der Waals surface area contributed by atoms with Crippen molar-refractivity contribution in [2.24, 2.45) is 5.73 Å². The van der Waals surface area contributed by atoms with Crippen LogP contribution in [0.3, 0.4) is 0 Å². The summed E-state index contributed by atoms with van der Waals surface area (Å²) in [5.74, 6) is -0.191. The first-order valence-electron chi connectivity index (χ1n) is 6.44. The monoisotopic (exact) mass is 265 g/mol. The van der Waals surface area contributed by atoms with Crippen LogP contribution < -0.4 is 5.73 Å². The van der Waals surface area contributed by atoms with E-state index < -0.39 is 0 Å². The molecule has 0 saturated carbocycles. The molecule has 0 spiro atoms. The summed E-state index contributed by atoms with van der Waals surface area (Å²) in [5.41, 5.74) is 6.91. The Hall–Kier alpha value is -1.82. The van der Waals surface area contributed by atoms with Gasteiger partial charge in [-0.05, 0) is 25.0 Å². The van der Waals surface area contributed by atoms with Gasteiger partial charge in [0.15, 0.2) is 0 Å². The molecule has 2 heterocycles. The van der Waals surface area contributed by atoms with Crippen LogP contribution in [0.25, 0.3) is 0 Å². The first-order chi connectivity index (χ1) is 9.10. The highest BCUT2D eigenvalue weighted by Crippen LogP contribution is 2.32. The van der Waals surface area contributed by atoms with E-state index in [1.807, 2.05) is 6.07 Å². The van der Waals surface area contributed by atoms with Gasteiger partial charge in [0.2, 0.25) is 0 Å². The molecule has 6 nitrogen and oxygen atoms in total. The van der Waals surface area contributed by atoms with E-state index in [1.54, 1.807) is 13.0 Å². The Morgan fingerprint density at radius 2 is 2.37 bits per heavy atom. The Kier molecular flexibility index (Phi) is 4.21. The minimum Gasteiger partial charge on any atom is -0.463 e. The van der Waals surface area contributed by atoms with Crippen molar-refractivity contribution in [2.75, 3.05) is 6.61 Å². The molecule has 2 unspecified atom stereocenters. The maximum Gasteiger partial charge on any atom is 0.305 e. The predicted molar refractivity (Wildman–Crippen MR) is 69.9 cm³/mol. The lowest BCUT2D eigenvalue weighted by molar-refractivity contribution is -0.147. The fraction of sp³-hybridized carbons (Fsp3) is 0.538. The van der Waals surface area contributed by atoms with Crippen molar-refractivity contribution >= 4 is 11.8 Å². The number of ether oxygens (including phenoxy) is 2. The van der Waals surface area contributed by atoms with Gasteiger partial charge < -0.3 is 20.2 Å². The summed E-state index contributed by atoms with van der Waals surface area (Å²) in [6, 6.07) is 3.65. The number of carbonyl (C=O) groups excluding carboxylic acids is 1. The summed E-state index contributed by atoms with van der Waals surface area (Å²) >= 11 is 0. The second-order valence-electron chi connectivity index (χ2n) is 4.60. The van der Waals surface area contributed by atoms with Crippen molar-refractivity contribution in [1.82, 2.24) is 4.98 Å². The molecule has 1 aliphatic heterocycles. The lowest BCUT2D eigenvalue weighted by atomic mass is 10.1. The Bertz CT molecular complexity index is 469. The summed E-state index contributed by atoms with van der Waals surface area (Å²) in [6.45, 7) is 2.08. The average Bonchev–Trinajstić information content (AvgIpc) is 3.04. The van der Waals surface area contributed by atoms with E-state index in [4.69, 9.17) is 20.6 Å². The third-order valence-corrected chi connectivity index (χ3v) is 3.17. The topological polar surface area (TPSA) is 101 Å². The summed E-state index contributed by atoms with van der Waals surface area (Å²) in [5, 5.41) is 7.34. The van der Waals surface area contributed by atoms with Gasteiger partial charge in [-0.2, -0.15) is 0 Å². The first-order valence-corrected chi connectivity index (χ1v) is 6.44. The van der Waals surface area contributed by atoms with Crippen LogP contribution in [0.15, 0.2) is 12.1 Å². The van der Waals surface area contributed by atoms with Gasteiger partial charge in [0.05, 0.1) is 17.9 Å². The van der Waals surface area contributed by atoms with Crippen LogP contribution >= 0.6 is 0 Å². The molecule has 6 heteroatoms. The van der Waals surface area contributed by atoms with Gasteiger partial charge in [0, 0.05) is 12.1 Å². The van der Waals surface area contributed by atoms with E-state index in [0.29, 0.717) is 18.7 Å². The van der Waals surface area contributed by atoms with Gasteiger partial charge in [-0.1, -0.05) is 6.92 Å².